The lowest BCUT2D eigenvalue weighted by atomic mass is 9.86. The van der Waals surface area contributed by atoms with E-state index in [1.54, 1.807) is 4.90 Å². The Bertz CT molecular complexity index is 1170. The number of hydrogen-bond acceptors (Lipinski definition) is 2. The number of amides is 2. The average molecular weight is 533 g/mol. The Kier molecular flexibility index (Phi) is 10.6. The van der Waals surface area contributed by atoms with Crippen molar-refractivity contribution in [2.45, 2.75) is 84.3 Å². The van der Waals surface area contributed by atoms with Crippen LogP contribution in [0.2, 0.25) is 5.02 Å². The molecule has 0 unspecified atom stereocenters. The Morgan fingerprint density at radius 2 is 1.47 bits per heavy atom. The number of nitrogens with zero attached hydrogens (tertiary/aromatic N) is 1. The number of carbonyl (C=O) groups is 2. The maximum absolute atomic E-state index is 13.8. The summed E-state index contributed by atoms with van der Waals surface area (Å²) in [6, 6.07) is 25.3. The van der Waals surface area contributed by atoms with E-state index in [9.17, 15) is 9.59 Å². The molecular formula is C33H41ClN2O2. The van der Waals surface area contributed by atoms with Gasteiger partial charge in [-0.1, -0.05) is 106 Å². The number of hydrogen-bond donors (Lipinski definition) is 1. The molecule has 5 heteroatoms. The van der Waals surface area contributed by atoms with E-state index in [-0.39, 0.29) is 23.3 Å². The quantitative estimate of drug-likeness (QED) is 0.285. The van der Waals surface area contributed by atoms with E-state index in [0.29, 0.717) is 30.8 Å². The Balaban J connectivity index is 1.88. The van der Waals surface area contributed by atoms with Crippen LogP contribution in [0.4, 0.5) is 0 Å². The molecule has 0 spiro atoms. The zero-order valence-electron chi connectivity index (χ0n) is 23.3. The molecule has 0 aliphatic carbocycles. The van der Waals surface area contributed by atoms with Crippen molar-refractivity contribution >= 4 is 23.4 Å². The van der Waals surface area contributed by atoms with Crippen molar-refractivity contribution in [3.05, 3.63) is 106 Å². The minimum Gasteiger partial charge on any atom is -0.352 e. The summed E-state index contributed by atoms with van der Waals surface area (Å²) in [6.45, 7) is 10.9. The average Bonchev–Trinajstić information content (AvgIpc) is 2.90. The number of rotatable bonds is 11. The zero-order valence-corrected chi connectivity index (χ0v) is 24.1. The number of nitrogens with one attached hydrogen (secondary N) is 1. The van der Waals surface area contributed by atoms with E-state index < -0.39 is 6.04 Å². The first kappa shape index (κ1) is 29.4. The topological polar surface area (TPSA) is 49.4 Å². The van der Waals surface area contributed by atoms with Gasteiger partial charge < -0.3 is 10.2 Å². The fourth-order valence-corrected chi connectivity index (χ4v) is 4.47. The van der Waals surface area contributed by atoms with Crippen LogP contribution in [0, 0.1) is 0 Å². The summed E-state index contributed by atoms with van der Waals surface area (Å²) < 4.78 is 0. The van der Waals surface area contributed by atoms with Crippen molar-refractivity contribution in [1.29, 1.82) is 0 Å². The van der Waals surface area contributed by atoms with Gasteiger partial charge in [0.05, 0.1) is 0 Å². The summed E-state index contributed by atoms with van der Waals surface area (Å²) in [5.41, 5.74) is 4.41. The summed E-state index contributed by atoms with van der Waals surface area (Å²) in [5.74, 6) is -0.167. The van der Waals surface area contributed by atoms with Gasteiger partial charge in [-0.05, 0) is 59.6 Å². The second kappa shape index (κ2) is 13.6. The van der Waals surface area contributed by atoms with Crippen LogP contribution in [-0.2, 0) is 34.4 Å². The van der Waals surface area contributed by atoms with Crippen LogP contribution < -0.4 is 5.32 Å². The Morgan fingerprint density at radius 3 is 2.05 bits per heavy atom. The van der Waals surface area contributed by atoms with Gasteiger partial charge in [-0.2, -0.15) is 0 Å². The number of halogens is 1. The second-order valence-electron chi connectivity index (χ2n) is 11.1. The molecule has 0 heterocycles. The largest absolute Gasteiger partial charge is 0.352 e. The third kappa shape index (κ3) is 8.73. The highest BCUT2D eigenvalue weighted by Gasteiger charge is 2.30. The lowest BCUT2D eigenvalue weighted by molar-refractivity contribution is -0.141. The molecule has 2 amide bonds. The highest BCUT2D eigenvalue weighted by Crippen LogP contribution is 2.23. The maximum Gasteiger partial charge on any atom is 0.243 e. The molecular weight excluding hydrogens is 492 g/mol. The SMILES string of the molecule is CC[C@@H](C)NC(=O)[C@@H](Cc1ccccc1)N(Cc1ccc(Cl)cc1)C(=O)CCc1ccc(C(C)(C)C)cc1. The minimum absolute atomic E-state index is 0.0228. The van der Waals surface area contributed by atoms with Crippen LogP contribution in [0.25, 0.3) is 0 Å². The van der Waals surface area contributed by atoms with Crippen LogP contribution in [0.5, 0.6) is 0 Å². The summed E-state index contributed by atoms with van der Waals surface area (Å²) in [4.78, 5) is 29.2. The van der Waals surface area contributed by atoms with Crippen LogP contribution in [-0.4, -0.2) is 28.8 Å². The van der Waals surface area contributed by atoms with E-state index in [1.165, 1.54) is 5.56 Å². The Labute approximate surface area is 233 Å². The molecule has 0 saturated heterocycles. The van der Waals surface area contributed by atoms with Crippen molar-refractivity contribution in [3.63, 3.8) is 0 Å². The molecule has 4 nitrogen and oxygen atoms in total. The standard InChI is InChI=1S/C33H41ClN2O2/c1-6-24(2)35-32(38)30(22-26-10-8-7-9-11-26)36(23-27-14-19-29(34)20-15-27)31(37)21-16-25-12-17-28(18-13-25)33(3,4)5/h7-15,17-20,24,30H,6,16,21-23H2,1-5H3,(H,35,38)/t24-,30-/m1/s1. The van der Waals surface area contributed by atoms with Gasteiger partial charge in [0, 0.05) is 30.5 Å². The lowest BCUT2D eigenvalue weighted by Crippen LogP contribution is -2.52. The fourth-order valence-electron chi connectivity index (χ4n) is 4.35. The molecule has 0 fully saturated rings. The van der Waals surface area contributed by atoms with Gasteiger partial charge in [0.25, 0.3) is 0 Å². The van der Waals surface area contributed by atoms with E-state index in [1.807, 2.05) is 68.4 Å². The van der Waals surface area contributed by atoms with E-state index >= 15 is 0 Å². The van der Waals surface area contributed by atoms with Crippen molar-refractivity contribution in [2.75, 3.05) is 0 Å². The van der Waals surface area contributed by atoms with Crippen molar-refractivity contribution in [2.24, 2.45) is 0 Å². The maximum atomic E-state index is 13.8. The van der Waals surface area contributed by atoms with Gasteiger partial charge in [-0.15, -0.1) is 0 Å². The first-order chi connectivity index (χ1) is 18.1. The van der Waals surface area contributed by atoms with Gasteiger partial charge in [0.2, 0.25) is 11.8 Å². The monoisotopic (exact) mass is 532 g/mol. The molecule has 2 atom stereocenters. The molecule has 202 valence electrons. The highest BCUT2D eigenvalue weighted by molar-refractivity contribution is 6.30. The third-order valence-corrected chi connectivity index (χ3v) is 7.24. The minimum atomic E-state index is -0.627. The lowest BCUT2D eigenvalue weighted by Gasteiger charge is -2.32. The van der Waals surface area contributed by atoms with Crippen molar-refractivity contribution in [1.82, 2.24) is 10.2 Å². The molecule has 3 aromatic carbocycles. The number of aryl methyl sites for hydroxylation is 1. The third-order valence-electron chi connectivity index (χ3n) is 6.99. The Hall–Kier alpha value is -3.11. The molecule has 0 bridgehead atoms. The van der Waals surface area contributed by atoms with Gasteiger partial charge in [-0.25, -0.2) is 0 Å². The molecule has 0 aliphatic rings. The van der Waals surface area contributed by atoms with Crippen LogP contribution in [0.15, 0.2) is 78.9 Å². The normalized spacial score (nSPS) is 13.0. The van der Waals surface area contributed by atoms with Crippen LogP contribution in [0.1, 0.15) is 69.7 Å². The van der Waals surface area contributed by atoms with E-state index in [2.05, 4.69) is 50.4 Å². The molecule has 3 rings (SSSR count). The Morgan fingerprint density at radius 1 is 0.868 bits per heavy atom. The van der Waals surface area contributed by atoms with Crippen LogP contribution >= 0.6 is 11.6 Å². The predicted molar refractivity (Wildman–Crippen MR) is 157 cm³/mol. The predicted octanol–water partition coefficient (Wildman–Crippen LogP) is 7.12. The first-order valence-corrected chi connectivity index (χ1v) is 13.9. The van der Waals surface area contributed by atoms with Crippen molar-refractivity contribution < 1.29 is 9.59 Å². The second-order valence-corrected chi connectivity index (χ2v) is 11.6. The molecule has 3 aromatic rings. The molecule has 0 saturated carbocycles. The highest BCUT2D eigenvalue weighted by atomic mass is 35.5. The van der Waals surface area contributed by atoms with Gasteiger partial charge in [0.15, 0.2) is 0 Å². The van der Waals surface area contributed by atoms with Crippen LogP contribution in [0.3, 0.4) is 0 Å². The summed E-state index contributed by atoms with van der Waals surface area (Å²) >= 11 is 6.12. The van der Waals surface area contributed by atoms with E-state index in [4.69, 9.17) is 11.6 Å². The van der Waals surface area contributed by atoms with E-state index in [0.717, 1.165) is 23.1 Å². The summed E-state index contributed by atoms with van der Waals surface area (Å²) in [6.07, 6.45) is 2.21. The fraction of sp³-hybridized carbons (Fsp3) is 0.394. The molecule has 0 aliphatic heterocycles. The first-order valence-electron chi connectivity index (χ1n) is 13.5. The summed E-state index contributed by atoms with van der Waals surface area (Å²) in [7, 11) is 0. The molecule has 1 N–H and O–H groups in total. The van der Waals surface area contributed by atoms with Gasteiger partial charge in [-0.3, -0.25) is 9.59 Å². The molecule has 38 heavy (non-hydrogen) atoms. The molecule has 0 radical (unpaired) electrons. The number of carbonyl (C=O) groups excluding carboxylic acids is 2. The van der Waals surface area contributed by atoms with Crippen molar-refractivity contribution in [3.8, 4) is 0 Å². The number of benzene rings is 3. The molecule has 0 aromatic heterocycles. The summed E-state index contributed by atoms with van der Waals surface area (Å²) in [5, 5.41) is 3.76. The van der Waals surface area contributed by atoms with Gasteiger partial charge >= 0.3 is 0 Å². The van der Waals surface area contributed by atoms with Gasteiger partial charge in [0.1, 0.15) is 6.04 Å². The zero-order chi connectivity index (χ0) is 27.7. The smallest absolute Gasteiger partial charge is 0.243 e.